The van der Waals surface area contributed by atoms with E-state index >= 15 is 0 Å². The quantitative estimate of drug-likeness (QED) is 0.935. The molecule has 6 nitrogen and oxygen atoms in total. The van der Waals surface area contributed by atoms with E-state index in [1.54, 1.807) is 12.4 Å². The van der Waals surface area contributed by atoms with Gasteiger partial charge in [0.1, 0.15) is 11.6 Å². The molecule has 0 saturated carbocycles. The molecule has 0 aromatic carbocycles. The van der Waals surface area contributed by atoms with Gasteiger partial charge in [0.2, 0.25) is 5.95 Å². The van der Waals surface area contributed by atoms with Crippen LogP contribution in [0.3, 0.4) is 0 Å². The van der Waals surface area contributed by atoms with Crippen molar-refractivity contribution in [3.05, 3.63) is 35.5 Å². The van der Waals surface area contributed by atoms with Gasteiger partial charge in [-0.05, 0) is 33.3 Å². The average molecular weight is 298 g/mol. The van der Waals surface area contributed by atoms with Crippen molar-refractivity contribution in [1.29, 1.82) is 0 Å². The number of aromatic nitrogens is 4. The lowest BCUT2D eigenvalue weighted by molar-refractivity contribution is 0.768. The van der Waals surface area contributed by atoms with Crippen LogP contribution in [0.4, 0.5) is 11.8 Å². The summed E-state index contributed by atoms with van der Waals surface area (Å²) in [5.41, 5.74) is 2.38. The predicted octanol–water partition coefficient (Wildman–Crippen LogP) is 2.00. The third-order valence-corrected chi connectivity index (χ3v) is 3.72. The molecular formula is C16H22N6. The topological polar surface area (TPSA) is 66.8 Å². The minimum atomic E-state index is 0.357. The van der Waals surface area contributed by atoms with E-state index in [0.29, 0.717) is 6.04 Å². The molecule has 3 heterocycles. The maximum absolute atomic E-state index is 4.65. The fourth-order valence-corrected chi connectivity index (χ4v) is 2.77. The van der Waals surface area contributed by atoms with Crippen LogP contribution in [-0.4, -0.2) is 39.1 Å². The highest BCUT2D eigenvalue weighted by Crippen LogP contribution is 2.23. The highest BCUT2D eigenvalue weighted by atomic mass is 15.2. The minimum absolute atomic E-state index is 0.357. The van der Waals surface area contributed by atoms with Gasteiger partial charge in [-0.3, -0.25) is 0 Å². The van der Waals surface area contributed by atoms with Crippen LogP contribution in [0.15, 0.2) is 18.5 Å². The Labute approximate surface area is 131 Å². The van der Waals surface area contributed by atoms with E-state index in [-0.39, 0.29) is 0 Å². The fourth-order valence-electron chi connectivity index (χ4n) is 2.77. The SMILES string of the molecule is Cc1nc2c(c(NC(C)C)n1)CCN(c1ncccn1)CC2. The van der Waals surface area contributed by atoms with Crippen LogP contribution in [0, 0.1) is 6.92 Å². The smallest absolute Gasteiger partial charge is 0.225 e. The Morgan fingerprint density at radius 2 is 1.82 bits per heavy atom. The van der Waals surface area contributed by atoms with E-state index in [1.165, 1.54) is 5.56 Å². The standard InChI is InChI=1S/C16H22N6/c1-11(2)19-15-13-5-9-22(16-17-7-4-8-18-16)10-6-14(13)20-12(3)21-15/h4,7-8,11H,5-6,9-10H2,1-3H3,(H,19,20,21). The molecule has 0 bridgehead atoms. The van der Waals surface area contributed by atoms with E-state index in [1.807, 2.05) is 13.0 Å². The Balaban J connectivity index is 1.87. The average Bonchev–Trinajstić information content (AvgIpc) is 2.70. The first-order valence-corrected chi connectivity index (χ1v) is 7.78. The second kappa shape index (κ2) is 6.25. The van der Waals surface area contributed by atoms with Gasteiger partial charge in [0, 0.05) is 43.5 Å². The first-order valence-electron chi connectivity index (χ1n) is 7.78. The number of nitrogens with zero attached hydrogens (tertiary/aromatic N) is 5. The first-order chi connectivity index (χ1) is 10.6. The summed E-state index contributed by atoms with van der Waals surface area (Å²) in [5, 5.41) is 3.46. The third-order valence-electron chi connectivity index (χ3n) is 3.72. The Morgan fingerprint density at radius 1 is 1.09 bits per heavy atom. The molecule has 0 aliphatic carbocycles. The van der Waals surface area contributed by atoms with Crippen molar-refractivity contribution in [3.63, 3.8) is 0 Å². The molecule has 1 N–H and O–H groups in total. The number of hydrogen-bond donors (Lipinski definition) is 1. The van der Waals surface area contributed by atoms with E-state index in [9.17, 15) is 0 Å². The summed E-state index contributed by atoms with van der Waals surface area (Å²) < 4.78 is 0. The van der Waals surface area contributed by atoms with Gasteiger partial charge < -0.3 is 10.2 Å². The van der Waals surface area contributed by atoms with Crippen LogP contribution in [0.5, 0.6) is 0 Å². The molecule has 0 saturated heterocycles. The monoisotopic (exact) mass is 298 g/mol. The summed E-state index contributed by atoms with van der Waals surface area (Å²) in [7, 11) is 0. The number of hydrogen-bond acceptors (Lipinski definition) is 6. The second-order valence-corrected chi connectivity index (χ2v) is 5.88. The number of aryl methyl sites for hydroxylation is 1. The van der Waals surface area contributed by atoms with Gasteiger partial charge in [0.05, 0.1) is 5.69 Å². The highest BCUT2D eigenvalue weighted by Gasteiger charge is 2.21. The van der Waals surface area contributed by atoms with E-state index in [0.717, 1.165) is 49.2 Å². The highest BCUT2D eigenvalue weighted by molar-refractivity contribution is 5.49. The van der Waals surface area contributed by atoms with Gasteiger partial charge in [-0.15, -0.1) is 0 Å². The van der Waals surface area contributed by atoms with Crippen LogP contribution < -0.4 is 10.2 Å². The first kappa shape index (κ1) is 14.7. The molecule has 116 valence electrons. The lowest BCUT2D eigenvalue weighted by Gasteiger charge is -2.19. The number of fused-ring (bicyclic) bond motifs is 1. The van der Waals surface area contributed by atoms with Crippen molar-refractivity contribution in [2.45, 2.75) is 39.7 Å². The van der Waals surface area contributed by atoms with Crippen LogP contribution in [0.2, 0.25) is 0 Å². The van der Waals surface area contributed by atoms with E-state index < -0.39 is 0 Å². The Bertz CT molecular complexity index is 641. The molecule has 0 amide bonds. The van der Waals surface area contributed by atoms with Crippen LogP contribution in [0.25, 0.3) is 0 Å². The van der Waals surface area contributed by atoms with Gasteiger partial charge in [0.25, 0.3) is 0 Å². The summed E-state index contributed by atoms with van der Waals surface area (Å²) in [5.74, 6) is 2.60. The predicted molar refractivity (Wildman–Crippen MR) is 87.2 cm³/mol. The largest absolute Gasteiger partial charge is 0.368 e. The van der Waals surface area contributed by atoms with Crippen molar-refractivity contribution >= 4 is 11.8 Å². The molecule has 2 aromatic heterocycles. The van der Waals surface area contributed by atoms with Crippen molar-refractivity contribution < 1.29 is 0 Å². The molecule has 2 aromatic rings. The van der Waals surface area contributed by atoms with Gasteiger partial charge in [0.15, 0.2) is 0 Å². The van der Waals surface area contributed by atoms with Crippen molar-refractivity contribution in [2.75, 3.05) is 23.3 Å². The van der Waals surface area contributed by atoms with Crippen molar-refractivity contribution in [3.8, 4) is 0 Å². The molecule has 0 spiro atoms. The Morgan fingerprint density at radius 3 is 2.55 bits per heavy atom. The third kappa shape index (κ3) is 3.16. The summed E-state index contributed by atoms with van der Waals surface area (Å²) in [6.45, 7) is 7.98. The van der Waals surface area contributed by atoms with Gasteiger partial charge in [-0.25, -0.2) is 19.9 Å². The molecule has 0 radical (unpaired) electrons. The summed E-state index contributed by atoms with van der Waals surface area (Å²) >= 11 is 0. The molecule has 1 aliphatic heterocycles. The number of anilines is 2. The zero-order chi connectivity index (χ0) is 15.5. The Kier molecular flexibility index (Phi) is 4.18. The van der Waals surface area contributed by atoms with Crippen LogP contribution in [0.1, 0.15) is 30.9 Å². The normalized spacial score (nSPS) is 14.6. The van der Waals surface area contributed by atoms with Gasteiger partial charge >= 0.3 is 0 Å². The molecule has 6 heteroatoms. The van der Waals surface area contributed by atoms with E-state index in [2.05, 4.69) is 44.0 Å². The van der Waals surface area contributed by atoms with Gasteiger partial charge in [-0.1, -0.05) is 0 Å². The number of nitrogens with one attached hydrogen (secondary N) is 1. The molecular weight excluding hydrogens is 276 g/mol. The summed E-state index contributed by atoms with van der Waals surface area (Å²) in [6.07, 6.45) is 5.37. The fraction of sp³-hybridized carbons (Fsp3) is 0.500. The molecule has 22 heavy (non-hydrogen) atoms. The summed E-state index contributed by atoms with van der Waals surface area (Å²) in [6, 6.07) is 2.20. The van der Waals surface area contributed by atoms with Gasteiger partial charge in [-0.2, -0.15) is 0 Å². The van der Waals surface area contributed by atoms with Crippen molar-refractivity contribution in [2.24, 2.45) is 0 Å². The second-order valence-electron chi connectivity index (χ2n) is 5.88. The lowest BCUT2D eigenvalue weighted by atomic mass is 10.1. The molecule has 1 aliphatic rings. The maximum Gasteiger partial charge on any atom is 0.225 e. The summed E-state index contributed by atoms with van der Waals surface area (Å²) in [4.78, 5) is 20.2. The number of rotatable bonds is 3. The van der Waals surface area contributed by atoms with E-state index in [4.69, 9.17) is 0 Å². The zero-order valence-electron chi connectivity index (χ0n) is 13.4. The van der Waals surface area contributed by atoms with Crippen molar-refractivity contribution in [1.82, 2.24) is 19.9 Å². The van der Waals surface area contributed by atoms with Crippen LogP contribution >= 0.6 is 0 Å². The minimum Gasteiger partial charge on any atom is -0.368 e. The molecule has 3 rings (SSSR count). The molecule has 0 atom stereocenters. The molecule has 0 unspecified atom stereocenters. The Hall–Kier alpha value is -2.24. The van der Waals surface area contributed by atoms with Crippen LogP contribution in [-0.2, 0) is 12.8 Å². The molecule has 0 fully saturated rings. The maximum atomic E-state index is 4.65. The lowest BCUT2D eigenvalue weighted by Crippen LogP contribution is -2.27. The zero-order valence-corrected chi connectivity index (χ0v) is 13.4.